The molecule has 0 unspecified atom stereocenters. The van der Waals surface area contributed by atoms with E-state index in [1.54, 1.807) is 12.1 Å². The summed E-state index contributed by atoms with van der Waals surface area (Å²) in [6, 6.07) is 10.6. The molecule has 0 saturated carbocycles. The van der Waals surface area contributed by atoms with Crippen molar-refractivity contribution in [3.63, 3.8) is 0 Å². The number of benzene rings is 2. The number of nitrogens with one attached hydrogen (secondary N) is 6. The van der Waals surface area contributed by atoms with Gasteiger partial charge in [0.05, 0.1) is 36.8 Å². The molecule has 0 spiro atoms. The summed E-state index contributed by atoms with van der Waals surface area (Å²) >= 11 is 0. The van der Waals surface area contributed by atoms with Gasteiger partial charge < -0.3 is 53.8 Å². The average molecular weight is 1340 g/mol. The molecule has 0 aliphatic heterocycles. The van der Waals surface area contributed by atoms with Crippen LogP contribution in [0.4, 0.5) is 11.6 Å². The molecule has 5 aromatic rings. The van der Waals surface area contributed by atoms with Crippen molar-refractivity contribution in [2.45, 2.75) is 121 Å². The number of ketones is 3. The van der Waals surface area contributed by atoms with Gasteiger partial charge in [0.2, 0.25) is 17.8 Å². The van der Waals surface area contributed by atoms with Crippen molar-refractivity contribution < 1.29 is 77.6 Å². The van der Waals surface area contributed by atoms with E-state index in [1.807, 2.05) is 44.2 Å². The number of aliphatic imine (C=N–C) groups is 1. The van der Waals surface area contributed by atoms with Crippen molar-refractivity contribution in [2.24, 2.45) is 40.1 Å². The van der Waals surface area contributed by atoms with Crippen LogP contribution in [0.5, 0.6) is 0 Å². The number of guanidine groups is 1. The second kappa shape index (κ2) is 39.3. The molecule has 3 heterocycles. The second-order valence-electron chi connectivity index (χ2n) is 21.8. The number of Topliss-reactive ketones (excluding diaryl/α,β-unsaturated/α-hetero) is 3. The van der Waals surface area contributed by atoms with Gasteiger partial charge in [0.15, 0.2) is 22.9 Å². The molecule has 0 radical (unpaired) electrons. The number of carbonyl (C=O) groups excluding carboxylic acids is 9. The van der Waals surface area contributed by atoms with Gasteiger partial charge in [0.1, 0.15) is 17.9 Å². The third-order valence-corrected chi connectivity index (χ3v) is 16.1. The molecule has 32 nitrogen and oxygen atoms in total. The Morgan fingerprint density at radius 2 is 1.38 bits per heavy atom. The number of aliphatic carboxylic acids is 3. The van der Waals surface area contributed by atoms with Crippen molar-refractivity contribution >= 4 is 123 Å². The van der Waals surface area contributed by atoms with E-state index < -0.39 is 126 Å². The van der Waals surface area contributed by atoms with Crippen LogP contribution in [-0.2, 0) is 71.4 Å². The van der Waals surface area contributed by atoms with E-state index in [-0.39, 0.29) is 110 Å². The minimum atomic E-state index is -1.62. The zero-order valence-corrected chi connectivity index (χ0v) is 52.9. The van der Waals surface area contributed by atoms with Gasteiger partial charge in [-0.25, -0.2) is 19.6 Å². The molecule has 0 fully saturated rings. The number of fused-ring (bicyclic) bond motifs is 1. The van der Waals surface area contributed by atoms with Gasteiger partial charge in [-0.2, -0.15) is 14.6 Å². The average Bonchev–Trinajstić information content (AvgIpc) is 0.827. The molecule has 4 amide bonds. The van der Waals surface area contributed by atoms with Crippen LogP contribution in [0.15, 0.2) is 83.0 Å². The number of rotatable bonds is 40. The maximum absolute atomic E-state index is 13.9. The quantitative estimate of drug-likeness (QED) is 0.00658. The zero-order valence-electron chi connectivity index (χ0n) is 51.3. The fourth-order valence-electron chi connectivity index (χ4n) is 9.01. The summed E-state index contributed by atoms with van der Waals surface area (Å²) in [6.45, 7) is 5.34. The van der Waals surface area contributed by atoms with Crippen LogP contribution in [0.2, 0.25) is 0 Å². The summed E-state index contributed by atoms with van der Waals surface area (Å²) in [5.41, 5.74) is 18.2. The van der Waals surface area contributed by atoms with E-state index in [9.17, 15) is 72.8 Å². The van der Waals surface area contributed by atoms with E-state index in [1.165, 1.54) is 37.6 Å². The van der Waals surface area contributed by atoms with Gasteiger partial charge in [-0.15, -0.1) is 0 Å². The minimum absolute atomic E-state index is 0.00312. The van der Waals surface area contributed by atoms with Crippen LogP contribution >= 0.6 is 21.6 Å². The topological polar surface area (TPSA) is 530 Å². The Balaban J connectivity index is 0.00000615. The number of aromatic nitrogens is 6. The summed E-state index contributed by atoms with van der Waals surface area (Å²) in [4.78, 5) is 186. The number of aromatic amines is 1. The normalized spacial score (nSPS) is 13.0. The summed E-state index contributed by atoms with van der Waals surface area (Å²) in [5.74, 6) is -13.9. The molecule has 94 heavy (non-hydrogen) atoms. The first-order valence-corrected chi connectivity index (χ1v) is 31.6. The first kappa shape index (κ1) is 76.3. The standard InChI is InChI=1S/C58H72BN15O15S2.CO2/c1-30(2)18-46(59-89)72-53(83)34(20-32-8-5-4-6-9-32)21-45(77)42-27-65-38(26-66-42)28-90-91-29-43(56(87)88)71-52(82)35(23-47(78)79)22-44(76)40(10-7-17-63-57(60)61)69-50(80)31(3)19-39(75)15-16-41(55(85)86)70-51(81)33-11-13-36(14-12-33)64-24-37-25-67-49-48(68-37)54(84)74-58(62)73-49;2-1-3/h4-6,8-9,11-14,25-27,30-31,34-35,40-41,43,46,64H,7,10,15-24,28-29H2,1-3H3,(H,69,80)(H,70,81)(H,71,82)(H,72,83)(H,78,79)(H,85,86)(H,87,88)(H4,60,61,63)(H3,62,67,73,74,84);/t31-,34-,35+,40+,41+,43+,46+;/m1./s1. The number of anilines is 2. The van der Waals surface area contributed by atoms with E-state index >= 15 is 0 Å². The fourth-order valence-corrected chi connectivity index (χ4v) is 11.1. The Morgan fingerprint density at radius 1 is 0.723 bits per heavy atom. The number of carboxylic acid groups (broad SMARTS) is 3. The molecule has 35 heteroatoms. The molecule has 0 saturated heterocycles. The van der Waals surface area contributed by atoms with E-state index in [2.05, 4.69) is 61.5 Å². The number of hydrogen-bond acceptors (Lipinski definition) is 24. The largest absolute Gasteiger partial charge is 0.373 e. The van der Waals surface area contributed by atoms with Crippen LogP contribution in [0, 0.1) is 23.7 Å². The van der Waals surface area contributed by atoms with E-state index in [0.717, 1.165) is 27.2 Å². The molecule has 5 rings (SSSR count). The van der Waals surface area contributed by atoms with Crippen LogP contribution < -0.4 is 49.3 Å². The number of nitrogens with zero attached hydrogens (tertiary/aromatic N) is 6. The Kier molecular flexibility index (Phi) is 31.9. The molecular weight excluding hydrogens is 1270 g/mol. The molecule has 0 aliphatic carbocycles. The van der Waals surface area contributed by atoms with Crippen molar-refractivity contribution in [1.82, 2.24) is 51.2 Å². The Morgan fingerprint density at radius 3 is 2.00 bits per heavy atom. The SMILES string of the molecule is CC(C)C[C@@H](B=O)NC(=O)[C@@H](CC(=O)c1cnc(CSSC[C@H](NC(=O)[C@H](CC(=O)O)CC(=O)[C@H](CCCN=C(N)N)NC(=O)[C@H](C)CC(=O)CC[C@H](NC(=O)c2ccc(NCc3cnc4nc(N)[nH]c(=O)c4n3)cc2)C(=O)O)C(=O)O)cn1)Cc1ccccc1.O=C=O. The fraction of sp³-hybridized carbons (Fsp3) is 0.424. The molecule has 3 aromatic heterocycles. The van der Waals surface area contributed by atoms with Crippen molar-refractivity contribution in [3.8, 4) is 0 Å². The third-order valence-electron chi connectivity index (χ3n) is 13.8. The Hall–Kier alpha value is -10.1. The number of carbonyl (C=O) groups is 10. The smallest absolute Gasteiger partial charge is 0.186 e. The number of hydrogen-bond donors (Lipinski definition) is 12. The number of nitrogens with two attached hydrogens (primary N) is 3. The molecule has 500 valence electrons. The van der Waals surface area contributed by atoms with Crippen molar-refractivity contribution in [2.75, 3.05) is 23.3 Å². The Bertz CT molecular complexity index is 3600. The van der Waals surface area contributed by atoms with Crippen molar-refractivity contribution in [1.29, 1.82) is 0 Å². The summed E-state index contributed by atoms with van der Waals surface area (Å²) in [7, 11) is 2.82. The maximum Gasteiger partial charge on any atom is 0.373 e. The van der Waals surface area contributed by atoms with E-state index in [0.29, 0.717) is 30.6 Å². The first-order valence-electron chi connectivity index (χ1n) is 29.1. The van der Waals surface area contributed by atoms with Gasteiger partial charge >= 0.3 is 200 Å². The second-order valence-corrected chi connectivity index (χ2v) is 24.3. The molecule has 15 N–H and O–H groups in total. The van der Waals surface area contributed by atoms with Gasteiger partial charge in [-0.05, 0) is 43.5 Å². The maximum atomic E-state index is 13.9. The van der Waals surface area contributed by atoms with Gasteiger partial charge in [0.25, 0.3) is 11.5 Å². The molecule has 0 aliphatic rings. The third kappa shape index (κ3) is 27.0. The molecule has 2 aromatic carbocycles. The van der Waals surface area contributed by atoms with Gasteiger partial charge in [-0.1, -0.05) is 17.7 Å². The van der Waals surface area contributed by atoms with Crippen LogP contribution in [0.1, 0.15) is 116 Å². The van der Waals surface area contributed by atoms with Gasteiger partial charge in [-0.3, -0.25) is 43.5 Å². The summed E-state index contributed by atoms with van der Waals surface area (Å²) < 4.78 is 11.7. The molecule has 0 bridgehead atoms. The zero-order chi connectivity index (χ0) is 69.4. The predicted molar refractivity (Wildman–Crippen MR) is 341 cm³/mol. The van der Waals surface area contributed by atoms with Crippen LogP contribution in [0.3, 0.4) is 0 Å². The summed E-state index contributed by atoms with van der Waals surface area (Å²) in [6.07, 6.45) is 1.83. The number of H-pyrrole nitrogens is 1. The van der Waals surface area contributed by atoms with Crippen molar-refractivity contribution in [3.05, 3.63) is 112 Å². The first-order chi connectivity index (χ1) is 44.7. The predicted octanol–water partition coefficient (Wildman–Crippen LogP) is 1.38. The number of nitrogen functional groups attached to an aromatic ring is 1. The van der Waals surface area contributed by atoms with Gasteiger partial charge in [0, 0.05) is 48.7 Å². The monoisotopic (exact) mass is 1340 g/mol. The molecule has 7 atom stereocenters. The number of carboxylic acids is 3. The Labute approximate surface area is 545 Å². The van der Waals surface area contributed by atoms with Crippen LogP contribution in [-0.4, -0.2) is 160 Å². The molecular formula is C59H72BN15O17S2. The van der Waals surface area contributed by atoms with E-state index in [4.69, 9.17) is 26.8 Å². The number of amides is 4. The van der Waals surface area contributed by atoms with Crippen LogP contribution in [0.25, 0.3) is 11.2 Å². The summed E-state index contributed by atoms with van der Waals surface area (Å²) in [5, 5.41) is 42.8. The minimum Gasteiger partial charge on any atom is -0.186 e.